The van der Waals surface area contributed by atoms with Gasteiger partial charge in [0, 0.05) is 23.5 Å². The summed E-state index contributed by atoms with van der Waals surface area (Å²) in [6.45, 7) is 0.129. The second-order valence-corrected chi connectivity index (χ2v) is 6.44. The van der Waals surface area contributed by atoms with Gasteiger partial charge >= 0.3 is 0 Å². The predicted octanol–water partition coefficient (Wildman–Crippen LogP) is 3.34. The van der Waals surface area contributed by atoms with Gasteiger partial charge < -0.3 is 10.4 Å². The van der Waals surface area contributed by atoms with E-state index in [0.717, 1.165) is 30.6 Å². The molecule has 0 saturated heterocycles. The van der Waals surface area contributed by atoms with Gasteiger partial charge in [-0.15, -0.1) is 11.8 Å². The third kappa shape index (κ3) is 3.68. The Morgan fingerprint density at radius 2 is 2.20 bits per heavy atom. The van der Waals surface area contributed by atoms with E-state index in [4.69, 9.17) is 11.6 Å². The Balaban J connectivity index is 2.11. The topological polar surface area (TPSA) is 49.3 Å². The molecule has 2 atom stereocenters. The fourth-order valence-corrected chi connectivity index (χ4v) is 3.31. The molecule has 1 aliphatic carbocycles. The van der Waals surface area contributed by atoms with Gasteiger partial charge in [0.05, 0.1) is 10.6 Å². The van der Waals surface area contributed by atoms with Crippen LogP contribution in [0.25, 0.3) is 0 Å². The van der Waals surface area contributed by atoms with E-state index in [0.29, 0.717) is 10.6 Å². The molecule has 5 heteroatoms. The molecule has 2 unspecified atom stereocenters. The molecule has 0 heterocycles. The highest BCUT2D eigenvalue weighted by Gasteiger charge is 2.26. The summed E-state index contributed by atoms with van der Waals surface area (Å²) in [4.78, 5) is 13.4. The van der Waals surface area contributed by atoms with E-state index in [2.05, 4.69) is 5.32 Å². The lowest BCUT2D eigenvalue weighted by molar-refractivity contribution is 0.0872. The van der Waals surface area contributed by atoms with Crippen LogP contribution in [0.3, 0.4) is 0 Å². The monoisotopic (exact) mass is 313 g/mol. The Hall–Kier alpha value is -0.710. The number of halogens is 1. The van der Waals surface area contributed by atoms with Crippen molar-refractivity contribution in [3.63, 3.8) is 0 Å². The number of carbonyl (C=O) groups excluding carboxylic acids is 1. The molecule has 0 aromatic heterocycles. The van der Waals surface area contributed by atoms with E-state index in [1.165, 1.54) is 0 Å². The summed E-state index contributed by atoms with van der Waals surface area (Å²) < 4.78 is 0. The van der Waals surface area contributed by atoms with Gasteiger partial charge in [0.2, 0.25) is 0 Å². The highest BCUT2D eigenvalue weighted by atomic mass is 35.5. The predicted molar refractivity (Wildman–Crippen MR) is 83.5 cm³/mol. The van der Waals surface area contributed by atoms with Crippen molar-refractivity contribution in [1.29, 1.82) is 0 Å². The molecule has 1 aliphatic rings. The smallest absolute Gasteiger partial charge is 0.253 e. The summed E-state index contributed by atoms with van der Waals surface area (Å²) in [5.74, 6) is 0.0199. The summed E-state index contributed by atoms with van der Waals surface area (Å²) in [7, 11) is 0. The van der Waals surface area contributed by atoms with Crippen molar-refractivity contribution in [3.8, 4) is 0 Å². The van der Waals surface area contributed by atoms with Gasteiger partial charge in [0.1, 0.15) is 0 Å². The summed E-state index contributed by atoms with van der Waals surface area (Å²) in [6, 6.07) is 5.53. The number of thioether (sulfide) groups is 1. The number of aliphatic hydroxyl groups is 1. The summed E-state index contributed by atoms with van der Waals surface area (Å²) in [6.07, 6.45) is 6.09. The number of aliphatic hydroxyl groups excluding tert-OH is 1. The first kappa shape index (κ1) is 15.7. The minimum Gasteiger partial charge on any atom is -0.396 e. The lowest BCUT2D eigenvalue weighted by Gasteiger charge is -2.31. The first-order valence-corrected chi connectivity index (χ1v) is 8.51. The van der Waals surface area contributed by atoms with Crippen LogP contribution in [0.4, 0.5) is 0 Å². The molecule has 1 fully saturated rings. The van der Waals surface area contributed by atoms with Crippen LogP contribution >= 0.6 is 23.4 Å². The summed E-state index contributed by atoms with van der Waals surface area (Å²) in [5, 5.41) is 12.9. The fraction of sp³-hybridized carbons (Fsp3) is 0.533. The number of amides is 1. The van der Waals surface area contributed by atoms with Gasteiger partial charge in [-0.1, -0.05) is 24.4 Å². The molecular weight excluding hydrogens is 294 g/mol. The Kier molecular flexibility index (Phi) is 5.75. The van der Waals surface area contributed by atoms with Gasteiger partial charge in [0.15, 0.2) is 0 Å². The second kappa shape index (κ2) is 7.34. The Morgan fingerprint density at radius 3 is 2.90 bits per heavy atom. The number of hydrogen-bond donors (Lipinski definition) is 2. The van der Waals surface area contributed by atoms with Crippen LogP contribution in [0, 0.1) is 5.92 Å². The molecule has 1 aromatic carbocycles. The maximum absolute atomic E-state index is 12.4. The SMILES string of the molecule is CSc1ccc(Cl)c(C(=O)NC2CCCCC2CO)c1. The molecule has 1 amide bonds. The molecule has 20 heavy (non-hydrogen) atoms. The zero-order valence-corrected chi connectivity index (χ0v) is 13.1. The van der Waals surface area contributed by atoms with Crippen LogP contribution in [0.15, 0.2) is 23.1 Å². The fourth-order valence-electron chi connectivity index (χ4n) is 2.67. The van der Waals surface area contributed by atoms with Crippen molar-refractivity contribution in [3.05, 3.63) is 28.8 Å². The normalized spacial score (nSPS) is 22.6. The van der Waals surface area contributed by atoms with Crippen LogP contribution in [0.5, 0.6) is 0 Å². The average molecular weight is 314 g/mol. The van der Waals surface area contributed by atoms with E-state index in [-0.39, 0.29) is 24.5 Å². The molecule has 3 nitrogen and oxygen atoms in total. The Labute approximate surface area is 129 Å². The molecule has 2 rings (SSSR count). The zero-order valence-electron chi connectivity index (χ0n) is 11.6. The maximum Gasteiger partial charge on any atom is 0.253 e. The van der Waals surface area contributed by atoms with Gasteiger partial charge in [0.25, 0.3) is 5.91 Å². The molecule has 1 aromatic rings. The minimum absolute atomic E-state index is 0.0512. The minimum atomic E-state index is -0.142. The van der Waals surface area contributed by atoms with Crippen LogP contribution in [-0.2, 0) is 0 Å². The van der Waals surface area contributed by atoms with Crippen LogP contribution in [0.2, 0.25) is 5.02 Å². The molecule has 0 spiro atoms. The summed E-state index contributed by atoms with van der Waals surface area (Å²) >= 11 is 7.70. The standard InChI is InChI=1S/C15H20ClNO2S/c1-20-11-6-7-13(16)12(8-11)15(19)17-14-5-3-2-4-10(14)9-18/h6-8,10,14,18H,2-5,9H2,1H3,(H,17,19). The van der Waals surface area contributed by atoms with Gasteiger partial charge in [-0.25, -0.2) is 0 Å². The molecular formula is C15H20ClNO2S. The van der Waals surface area contributed by atoms with Crippen molar-refractivity contribution >= 4 is 29.3 Å². The van der Waals surface area contributed by atoms with Crippen molar-refractivity contribution in [1.82, 2.24) is 5.32 Å². The average Bonchev–Trinajstić information content (AvgIpc) is 2.48. The molecule has 110 valence electrons. The van der Waals surface area contributed by atoms with Crippen molar-refractivity contribution in [2.75, 3.05) is 12.9 Å². The van der Waals surface area contributed by atoms with E-state index in [9.17, 15) is 9.90 Å². The number of hydrogen-bond acceptors (Lipinski definition) is 3. The van der Waals surface area contributed by atoms with Crippen LogP contribution < -0.4 is 5.32 Å². The highest BCUT2D eigenvalue weighted by Crippen LogP contribution is 2.26. The molecule has 2 N–H and O–H groups in total. The number of nitrogens with one attached hydrogen (secondary N) is 1. The van der Waals surface area contributed by atoms with Crippen molar-refractivity contribution in [2.45, 2.75) is 36.6 Å². The van der Waals surface area contributed by atoms with Gasteiger partial charge in [-0.2, -0.15) is 0 Å². The Bertz CT molecular complexity index is 481. The van der Waals surface area contributed by atoms with Crippen LogP contribution in [0.1, 0.15) is 36.0 Å². The number of carbonyl (C=O) groups is 1. The first-order chi connectivity index (χ1) is 9.65. The van der Waals surface area contributed by atoms with Gasteiger partial charge in [-0.05, 0) is 37.3 Å². The van der Waals surface area contributed by atoms with E-state index < -0.39 is 0 Å². The second-order valence-electron chi connectivity index (χ2n) is 5.15. The van der Waals surface area contributed by atoms with Crippen LogP contribution in [-0.4, -0.2) is 29.9 Å². The molecule has 0 radical (unpaired) electrons. The largest absolute Gasteiger partial charge is 0.396 e. The third-order valence-corrected chi connectivity index (χ3v) is 4.93. The number of rotatable bonds is 4. The van der Waals surface area contributed by atoms with E-state index in [1.54, 1.807) is 17.8 Å². The van der Waals surface area contributed by atoms with Gasteiger partial charge in [-0.3, -0.25) is 4.79 Å². The third-order valence-electron chi connectivity index (χ3n) is 3.88. The molecule has 0 bridgehead atoms. The lowest BCUT2D eigenvalue weighted by atomic mass is 9.85. The summed E-state index contributed by atoms with van der Waals surface area (Å²) in [5.41, 5.74) is 0.515. The van der Waals surface area contributed by atoms with Crippen molar-refractivity contribution in [2.24, 2.45) is 5.92 Å². The van der Waals surface area contributed by atoms with Crippen molar-refractivity contribution < 1.29 is 9.90 Å². The lowest BCUT2D eigenvalue weighted by Crippen LogP contribution is -2.43. The zero-order chi connectivity index (χ0) is 14.5. The highest BCUT2D eigenvalue weighted by molar-refractivity contribution is 7.98. The quantitative estimate of drug-likeness (QED) is 0.838. The van der Waals surface area contributed by atoms with E-state index in [1.807, 2.05) is 18.4 Å². The Morgan fingerprint density at radius 1 is 1.45 bits per heavy atom. The first-order valence-electron chi connectivity index (χ1n) is 6.91. The maximum atomic E-state index is 12.4. The molecule has 0 aliphatic heterocycles. The van der Waals surface area contributed by atoms with E-state index >= 15 is 0 Å². The molecule has 1 saturated carbocycles. The number of benzene rings is 1.